The highest BCUT2D eigenvalue weighted by molar-refractivity contribution is 7.71. The predicted molar refractivity (Wildman–Crippen MR) is 97.6 cm³/mol. The first-order valence-electron chi connectivity index (χ1n) is 7.88. The van der Waals surface area contributed by atoms with E-state index in [1.807, 2.05) is 22.1 Å². The molecule has 0 spiro atoms. The van der Waals surface area contributed by atoms with Crippen LogP contribution in [0, 0.1) is 4.77 Å². The fourth-order valence-corrected chi connectivity index (χ4v) is 5.23. The van der Waals surface area contributed by atoms with Crippen LogP contribution in [0.15, 0.2) is 29.0 Å². The molecule has 1 aliphatic heterocycles. The van der Waals surface area contributed by atoms with Gasteiger partial charge in [0, 0.05) is 23.3 Å². The second-order valence-corrected chi connectivity index (χ2v) is 8.15. The molecule has 0 radical (unpaired) electrons. The van der Waals surface area contributed by atoms with Crippen molar-refractivity contribution >= 4 is 34.9 Å². The van der Waals surface area contributed by atoms with Crippen molar-refractivity contribution in [3.8, 4) is 10.7 Å². The predicted octanol–water partition coefficient (Wildman–Crippen LogP) is 3.28. The molecule has 3 aromatic rings. The average Bonchev–Trinajstić information content (AvgIpc) is 3.27. The summed E-state index contributed by atoms with van der Waals surface area (Å²) in [5.41, 5.74) is 1.53. The van der Waals surface area contributed by atoms with E-state index in [0.29, 0.717) is 10.8 Å². The lowest BCUT2D eigenvalue weighted by Gasteiger charge is -2.32. The first-order chi connectivity index (χ1) is 11.3. The van der Waals surface area contributed by atoms with Crippen molar-refractivity contribution in [1.82, 2.24) is 14.8 Å². The minimum absolute atomic E-state index is 0.556. The Balaban J connectivity index is 1.60. The highest BCUT2D eigenvalue weighted by Gasteiger charge is 2.30. The molecule has 0 saturated heterocycles. The SMILES string of the molecule is CC[C@@H]1c2ccsc2CC[NH+]1Cn1[nH]c(-c2cccs2)nc1=S. The summed E-state index contributed by atoms with van der Waals surface area (Å²) < 4.78 is 2.67. The molecule has 0 bridgehead atoms. The Morgan fingerprint density at radius 1 is 1.39 bits per heavy atom. The van der Waals surface area contributed by atoms with Gasteiger partial charge in [0.15, 0.2) is 12.5 Å². The zero-order valence-electron chi connectivity index (χ0n) is 12.9. The Kier molecular flexibility index (Phi) is 4.19. The molecule has 120 valence electrons. The number of aromatic amines is 1. The van der Waals surface area contributed by atoms with Gasteiger partial charge in [-0.25, -0.2) is 4.68 Å². The average molecular weight is 364 g/mol. The molecule has 0 aromatic carbocycles. The summed E-state index contributed by atoms with van der Waals surface area (Å²) in [4.78, 5) is 8.79. The van der Waals surface area contributed by atoms with Gasteiger partial charge in [-0.1, -0.05) is 13.0 Å². The molecule has 3 aromatic heterocycles. The van der Waals surface area contributed by atoms with Gasteiger partial charge in [0.2, 0.25) is 4.77 Å². The Morgan fingerprint density at radius 3 is 3.09 bits per heavy atom. The molecule has 0 aliphatic carbocycles. The summed E-state index contributed by atoms with van der Waals surface area (Å²) in [7, 11) is 0. The molecular formula is C16H19N4S3+. The fraction of sp³-hybridized carbons (Fsp3) is 0.375. The van der Waals surface area contributed by atoms with Crippen LogP contribution in [-0.2, 0) is 13.1 Å². The summed E-state index contributed by atoms with van der Waals surface area (Å²) in [5.74, 6) is 0.880. The maximum Gasteiger partial charge on any atom is 0.221 e. The third-order valence-corrected chi connectivity index (χ3v) is 6.71. The number of quaternary nitrogens is 1. The second-order valence-electron chi connectivity index (χ2n) is 5.84. The van der Waals surface area contributed by atoms with Crippen LogP contribution in [0.3, 0.4) is 0 Å². The number of hydrogen-bond acceptors (Lipinski definition) is 4. The van der Waals surface area contributed by atoms with Gasteiger partial charge in [0.1, 0.15) is 6.04 Å². The lowest BCUT2D eigenvalue weighted by molar-refractivity contribution is -0.956. The van der Waals surface area contributed by atoms with Crippen molar-refractivity contribution < 1.29 is 4.90 Å². The van der Waals surface area contributed by atoms with Gasteiger partial charge >= 0.3 is 0 Å². The van der Waals surface area contributed by atoms with Crippen molar-refractivity contribution in [2.75, 3.05) is 6.54 Å². The zero-order chi connectivity index (χ0) is 15.8. The van der Waals surface area contributed by atoms with Gasteiger partial charge in [-0.2, -0.15) is 4.98 Å². The van der Waals surface area contributed by atoms with Crippen molar-refractivity contribution in [2.45, 2.75) is 32.5 Å². The number of fused-ring (bicyclic) bond motifs is 1. The number of hydrogen-bond donors (Lipinski definition) is 2. The lowest BCUT2D eigenvalue weighted by atomic mass is 9.98. The molecule has 4 heterocycles. The summed E-state index contributed by atoms with van der Waals surface area (Å²) in [5, 5.41) is 7.68. The normalized spacial score (nSPS) is 20.6. The molecule has 4 nitrogen and oxygen atoms in total. The molecule has 0 saturated carbocycles. The van der Waals surface area contributed by atoms with E-state index >= 15 is 0 Å². The van der Waals surface area contributed by atoms with Crippen molar-refractivity contribution in [3.05, 3.63) is 44.2 Å². The van der Waals surface area contributed by atoms with E-state index in [1.54, 1.807) is 21.1 Å². The number of thiophene rings is 2. The number of rotatable bonds is 4. The Hall–Kier alpha value is -1.28. The largest absolute Gasteiger partial charge is 0.310 e. The monoisotopic (exact) mass is 363 g/mol. The Morgan fingerprint density at radius 2 is 2.30 bits per heavy atom. The third kappa shape index (κ3) is 2.82. The smallest absolute Gasteiger partial charge is 0.221 e. The quantitative estimate of drug-likeness (QED) is 0.698. The van der Waals surface area contributed by atoms with E-state index in [9.17, 15) is 0 Å². The van der Waals surface area contributed by atoms with Crippen LogP contribution in [0.2, 0.25) is 0 Å². The zero-order valence-corrected chi connectivity index (χ0v) is 15.4. The maximum atomic E-state index is 5.47. The van der Waals surface area contributed by atoms with Gasteiger partial charge in [-0.05, 0) is 35.1 Å². The molecular weight excluding hydrogens is 344 g/mol. The van der Waals surface area contributed by atoms with Crippen LogP contribution in [0.1, 0.15) is 29.8 Å². The maximum absolute atomic E-state index is 5.47. The number of H-pyrrole nitrogens is 1. The minimum Gasteiger partial charge on any atom is -0.310 e. The summed E-state index contributed by atoms with van der Waals surface area (Å²) in [6, 6.07) is 6.97. The molecule has 23 heavy (non-hydrogen) atoms. The van der Waals surface area contributed by atoms with Gasteiger partial charge in [0.25, 0.3) is 0 Å². The van der Waals surface area contributed by atoms with Gasteiger partial charge < -0.3 is 4.90 Å². The molecule has 4 rings (SSSR count). The fourth-order valence-electron chi connectivity index (χ4n) is 3.42. The van der Waals surface area contributed by atoms with Crippen molar-refractivity contribution in [2.24, 2.45) is 0 Å². The van der Waals surface area contributed by atoms with E-state index < -0.39 is 0 Å². The topological polar surface area (TPSA) is 38.0 Å². The van der Waals surface area contributed by atoms with Crippen LogP contribution < -0.4 is 4.90 Å². The number of aromatic nitrogens is 3. The van der Waals surface area contributed by atoms with E-state index in [2.05, 4.69) is 39.9 Å². The van der Waals surface area contributed by atoms with Crippen molar-refractivity contribution in [1.29, 1.82) is 0 Å². The first kappa shape index (κ1) is 15.3. The summed E-state index contributed by atoms with van der Waals surface area (Å²) in [6.45, 7) is 4.28. The van der Waals surface area contributed by atoms with Crippen LogP contribution in [-0.4, -0.2) is 21.3 Å². The molecule has 0 fully saturated rings. The van der Waals surface area contributed by atoms with E-state index in [1.165, 1.54) is 5.56 Å². The molecule has 2 atom stereocenters. The van der Waals surface area contributed by atoms with Crippen LogP contribution >= 0.6 is 34.9 Å². The molecule has 1 aliphatic rings. The Bertz CT molecular complexity index is 843. The summed E-state index contributed by atoms with van der Waals surface area (Å²) in [6.07, 6.45) is 2.32. The standard InChI is InChI=1S/C16H18N4S3/c1-2-12-11-6-9-23-13(11)5-7-19(12)10-20-16(21)17-15(18-20)14-4-3-8-22-14/h3-4,6,8-9,12H,2,5,7,10H2,1H3,(H,17,18,21)/p+1/t12-/m1/s1. The third-order valence-electron chi connectivity index (χ3n) is 4.52. The minimum atomic E-state index is 0.556. The van der Waals surface area contributed by atoms with Gasteiger partial charge in [-0.3, -0.25) is 5.10 Å². The van der Waals surface area contributed by atoms with Crippen molar-refractivity contribution in [3.63, 3.8) is 0 Å². The van der Waals surface area contributed by atoms with E-state index in [4.69, 9.17) is 12.2 Å². The number of nitrogens with one attached hydrogen (secondary N) is 2. The molecule has 0 amide bonds. The van der Waals surface area contributed by atoms with Crippen LogP contribution in [0.25, 0.3) is 10.7 Å². The Labute approximate surface area is 148 Å². The van der Waals surface area contributed by atoms with E-state index in [-0.39, 0.29) is 0 Å². The van der Waals surface area contributed by atoms with Crippen LogP contribution in [0.5, 0.6) is 0 Å². The van der Waals surface area contributed by atoms with E-state index in [0.717, 1.165) is 36.8 Å². The van der Waals surface area contributed by atoms with Crippen LogP contribution in [0.4, 0.5) is 0 Å². The molecule has 1 unspecified atom stereocenters. The van der Waals surface area contributed by atoms with Gasteiger partial charge in [0.05, 0.1) is 11.4 Å². The lowest BCUT2D eigenvalue weighted by Crippen LogP contribution is -3.12. The first-order valence-corrected chi connectivity index (χ1v) is 10.0. The highest BCUT2D eigenvalue weighted by Crippen LogP contribution is 2.27. The number of nitrogens with zero attached hydrogens (tertiary/aromatic N) is 2. The molecule has 2 N–H and O–H groups in total. The molecule has 7 heteroatoms. The summed E-state index contributed by atoms with van der Waals surface area (Å²) >= 11 is 9.05. The van der Waals surface area contributed by atoms with Gasteiger partial charge in [-0.15, -0.1) is 22.7 Å². The second kappa shape index (κ2) is 6.32. The highest BCUT2D eigenvalue weighted by atomic mass is 32.1.